The number of nitrogens with zero attached hydrogens (tertiary/aromatic N) is 1. The number of amides is 2. The summed E-state index contributed by atoms with van der Waals surface area (Å²) in [6.45, 7) is 5.76. The van der Waals surface area contributed by atoms with Crippen LogP contribution in [0.4, 0.5) is 4.79 Å². The number of benzene rings is 1. The van der Waals surface area contributed by atoms with Gasteiger partial charge in [0.1, 0.15) is 12.4 Å². The summed E-state index contributed by atoms with van der Waals surface area (Å²) in [5, 5.41) is 2.73. The molecule has 5 heteroatoms. The molecule has 1 N–H and O–H groups in total. The first-order valence-electron chi connectivity index (χ1n) is 6.35. The zero-order valence-corrected chi connectivity index (χ0v) is 11.2. The predicted octanol–water partition coefficient (Wildman–Crippen LogP) is 1.60. The molecule has 2 amide bonds. The minimum Gasteiger partial charge on any atom is -0.491 e. The second kappa shape index (κ2) is 5.73. The normalized spacial score (nSPS) is 14.4. The average Bonchev–Trinajstić information content (AvgIpc) is 2.77. The molecule has 1 aromatic rings. The van der Waals surface area contributed by atoms with E-state index in [2.05, 4.69) is 5.32 Å². The maximum absolute atomic E-state index is 11.5. The highest BCUT2D eigenvalue weighted by atomic mass is 16.5. The average molecular weight is 262 g/mol. The van der Waals surface area contributed by atoms with Crippen LogP contribution in [-0.4, -0.2) is 43.0 Å². The van der Waals surface area contributed by atoms with Crippen molar-refractivity contribution in [2.75, 3.05) is 26.2 Å². The van der Waals surface area contributed by atoms with E-state index in [9.17, 15) is 9.59 Å². The van der Waals surface area contributed by atoms with Crippen LogP contribution in [0.3, 0.4) is 0 Å². The van der Waals surface area contributed by atoms with Gasteiger partial charge in [0.2, 0.25) is 0 Å². The minimum atomic E-state index is -0.0562. The largest absolute Gasteiger partial charge is 0.491 e. The lowest BCUT2D eigenvalue weighted by Crippen LogP contribution is -2.31. The van der Waals surface area contributed by atoms with E-state index in [0.717, 1.165) is 5.56 Å². The fourth-order valence-electron chi connectivity index (χ4n) is 2.04. The van der Waals surface area contributed by atoms with Crippen molar-refractivity contribution in [3.05, 3.63) is 29.3 Å². The van der Waals surface area contributed by atoms with Gasteiger partial charge in [0.05, 0.1) is 12.1 Å². The van der Waals surface area contributed by atoms with Crippen molar-refractivity contribution < 1.29 is 14.3 Å². The minimum absolute atomic E-state index is 0.0161. The Kier molecular flexibility index (Phi) is 4.04. The van der Waals surface area contributed by atoms with Gasteiger partial charge < -0.3 is 15.0 Å². The van der Waals surface area contributed by atoms with Gasteiger partial charge in [0.15, 0.2) is 5.78 Å². The SMILES string of the molecule is CC(=O)c1cc(C)ccc1OCCN1CCNC1=O. The lowest BCUT2D eigenvalue weighted by Gasteiger charge is -2.15. The highest BCUT2D eigenvalue weighted by Gasteiger charge is 2.19. The van der Waals surface area contributed by atoms with Crippen LogP contribution in [0, 0.1) is 6.92 Å². The first kappa shape index (κ1) is 13.4. The molecule has 0 radical (unpaired) electrons. The van der Waals surface area contributed by atoms with E-state index in [-0.39, 0.29) is 11.8 Å². The highest BCUT2D eigenvalue weighted by Crippen LogP contribution is 2.20. The summed E-state index contributed by atoms with van der Waals surface area (Å²) < 4.78 is 5.62. The summed E-state index contributed by atoms with van der Waals surface area (Å²) >= 11 is 0. The van der Waals surface area contributed by atoms with E-state index in [0.29, 0.717) is 37.6 Å². The third-order valence-corrected chi connectivity index (χ3v) is 3.08. The molecule has 1 saturated heterocycles. The molecule has 0 spiro atoms. The van der Waals surface area contributed by atoms with Crippen LogP contribution in [0.5, 0.6) is 5.75 Å². The molecule has 0 unspecified atom stereocenters. The number of ketones is 1. The number of Topliss-reactive ketones (excluding diaryl/α,β-unsaturated/α-hetero) is 1. The van der Waals surface area contributed by atoms with Crippen molar-refractivity contribution in [1.82, 2.24) is 10.2 Å². The number of rotatable bonds is 5. The van der Waals surface area contributed by atoms with E-state index in [1.165, 1.54) is 6.92 Å². The number of urea groups is 1. The molecule has 0 bridgehead atoms. The Hall–Kier alpha value is -2.04. The van der Waals surface area contributed by atoms with Gasteiger partial charge in [-0.1, -0.05) is 11.6 Å². The first-order chi connectivity index (χ1) is 9.08. The third kappa shape index (κ3) is 3.24. The van der Waals surface area contributed by atoms with Crippen LogP contribution in [0.15, 0.2) is 18.2 Å². The molecule has 1 aromatic carbocycles. The summed E-state index contributed by atoms with van der Waals surface area (Å²) in [5.74, 6) is 0.565. The molecule has 0 atom stereocenters. The number of hydrogen-bond acceptors (Lipinski definition) is 3. The van der Waals surface area contributed by atoms with Gasteiger partial charge in [-0.3, -0.25) is 4.79 Å². The second-order valence-electron chi connectivity index (χ2n) is 4.62. The summed E-state index contributed by atoms with van der Waals surface area (Å²) in [4.78, 5) is 24.6. The Balaban J connectivity index is 1.95. The molecule has 1 aliphatic heterocycles. The molecule has 0 aliphatic carbocycles. The lowest BCUT2D eigenvalue weighted by molar-refractivity contribution is 0.101. The van der Waals surface area contributed by atoms with Crippen LogP contribution >= 0.6 is 0 Å². The fourth-order valence-corrected chi connectivity index (χ4v) is 2.04. The zero-order valence-electron chi connectivity index (χ0n) is 11.2. The van der Waals surface area contributed by atoms with E-state index >= 15 is 0 Å². The van der Waals surface area contributed by atoms with E-state index in [1.807, 2.05) is 19.1 Å². The third-order valence-electron chi connectivity index (χ3n) is 3.08. The Labute approximate surface area is 112 Å². The Morgan fingerprint density at radius 2 is 2.26 bits per heavy atom. The molecule has 1 fully saturated rings. The van der Waals surface area contributed by atoms with Crippen molar-refractivity contribution >= 4 is 11.8 Å². The second-order valence-corrected chi connectivity index (χ2v) is 4.62. The fraction of sp³-hybridized carbons (Fsp3) is 0.429. The molecular weight excluding hydrogens is 244 g/mol. The van der Waals surface area contributed by atoms with Gasteiger partial charge in [-0.05, 0) is 26.0 Å². The van der Waals surface area contributed by atoms with Crippen molar-refractivity contribution in [3.8, 4) is 5.75 Å². The molecule has 102 valence electrons. The van der Waals surface area contributed by atoms with E-state index in [4.69, 9.17) is 4.74 Å². The Bertz CT molecular complexity index is 499. The number of hydrogen-bond donors (Lipinski definition) is 1. The van der Waals surface area contributed by atoms with Gasteiger partial charge in [-0.2, -0.15) is 0 Å². The Morgan fingerprint density at radius 3 is 2.89 bits per heavy atom. The van der Waals surface area contributed by atoms with Crippen LogP contribution < -0.4 is 10.1 Å². The molecule has 5 nitrogen and oxygen atoms in total. The van der Waals surface area contributed by atoms with Gasteiger partial charge >= 0.3 is 6.03 Å². The van der Waals surface area contributed by atoms with Gasteiger partial charge in [-0.25, -0.2) is 4.79 Å². The summed E-state index contributed by atoms with van der Waals surface area (Å²) in [5.41, 5.74) is 1.61. The van der Waals surface area contributed by atoms with E-state index in [1.54, 1.807) is 11.0 Å². The standard InChI is InChI=1S/C14H18N2O3/c1-10-3-4-13(12(9-10)11(2)17)19-8-7-16-6-5-15-14(16)18/h3-4,9H,5-8H2,1-2H3,(H,15,18). The van der Waals surface area contributed by atoms with Crippen molar-refractivity contribution in [2.45, 2.75) is 13.8 Å². The zero-order chi connectivity index (χ0) is 13.8. The molecule has 0 aromatic heterocycles. The summed E-state index contributed by atoms with van der Waals surface area (Å²) in [6, 6.07) is 5.47. The van der Waals surface area contributed by atoms with Crippen LogP contribution in [0.1, 0.15) is 22.8 Å². The van der Waals surface area contributed by atoms with Gasteiger partial charge in [0.25, 0.3) is 0 Å². The maximum Gasteiger partial charge on any atom is 0.317 e. The monoisotopic (exact) mass is 262 g/mol. The lowest BCUT2D eigenvalue weighted by atomic mass is 10.1. The number of ether oxygens (including phenoxy) is 1. The number of carbonyl (C=O) groups excluding carboxylic acids is 2. The van der Waals surface area contributed by atoms with E-state index < -0.39 is 0 Å². The summed E-state index contributed by atoms with van der Waals surface area (Å²) in [6.07, 6.45) is 0. The van der Waals surface area contributed by atoms with Crippen molar-refractivity contribution in [1.29, 1.82) is 0 Å². The molecule has 2 rings (SSSR count). The maximum atomic E-state index is 11.5. The highest BCUT2D eigenvalue weighted by molar-refractivity contribution is 5.97. The molecule has 0 saturated carbocycles. The van der Waals surface area contributed by atoms with Gasteiger partial charge in [0, 0.05) is 13.1 Å². The predicted molar refractivity (Wildman–Crippen MR) is 71.7 cm³/mol. The molecule has 19 heavy (non-hydrogen) atoms. The number of nitrogens with one attached hydrogen (secondary N) is 1. The summed E-state index contributed by atoms with van der Waals surface area (Å²) in [7, 11) is 0. The molecule has 1 aliphatic rings. The van der Waals surface area contributed by atoms with Crippen LogP contribution in [0.25, 0.3) is 0 Å². The molecule has 1 heterocycles. The molecular formula is C14H18N2O3. The van der Waals surface area contributed by atoms with Crippen LogP contribution in [-0.2, 0) is 0 Å². The van der Waals surface area contributed by atoms with Crippen molar-refractivity contribution in [3.63, 3.8) is 0 Å². The van der Waals surface area contributed by atoms with Crippen LogP contribution in [0.2, 0.25) is 0 Å². The quantitative estimate of drug-likeness (QED) is 0.820. The topological polar surface area (TPSA) is 58.6 Å². The van der Waals surface area contributed by atoms with Crippen molar-refractivity contribution in [2.24, 2.45) is 0 Å². The number of carbonyl (C=O) groups is 2. The van der Waals surface area contributed by atoms with Gasteiger partial charge in [-0.15, -0.1) is 0 Å². The first-order valence-corrected chi connectivity index (χ1v) is 6.35. The Morgan fingerprint density at radius 1 is 1.47 bits per heavy atom. The smallest absolute Gasteiger partial charge is 0.317 e. The number of aryl methyl sites for hydroxylation is 1.